The predicted octanol–water partition coefficient (Wildman–Crippen LogP) is 2.78. The number of alkyl halides is 1. The van der Waals surface area contributed by atoms with E-state index in [2.05, 4.69) is 4.98 Å². The average molecular weight is 203 g/mol. The molecule has 0 fully saturated rings. The predicted molar refractivity (Wildman–Crippen MR) is 56.6 cm³/mol. The maximum Gasteiger partial charge on any atom is 0.214 e. The quantitative estimate of drug-likeness (QED) is 0.702. The van der Waals surface area contributed by atoms with E-state index in [0.29, 0.717) is 5.52 Å². The van der Waals surface area contributed by atoms with Crippen molar-refractivity contribution in [2.45, 2.75) is 13.1 Å². The van der Waals surface area contributed by atoms with Crippen LogP contribution in [0.2, 0.25) is 0 Å². The van der Waals surface area contributed by atoms with Gasteiger partial charge in [0.05, 0.1) is 5.52 Å². The van der Waals surface area contributed by atoms with E-state index in [-0.39, 0.29) is 5.69 Å². The number of Topliss-reactive ketones (excluding diaryl/α,β-unsaturated/α-hetero) is 1. The summed E-state index contributed by atoms with van der Waals surface area (Å²) in [7, 11) is 0. The Morgan fingerprint density at radius 3 is 2.73 bits per heavy atom. The summed E-state index contributed by atoms with van der Waals surface area (Å²) in [6, 6.07) is 10.8. The molecule has 0 radical (unpaired) electrons. The number of ketones is 1. The fourth-order valence-corrected chi connectivity index (χ4v) is 1.41. The summed E-state index contributed by atoms with van der Waals surface area (Å²) in [5.74, 6) is -0.569. The van der Waals surface area contributed by atoms with Gasteiger partial charge in [-0.25, -0.2) is 9.37 Å². The number of rotatable bonds is 2. The number of pyridine rings is 1. The lowest BCUT2D eigenvalue weighted by Crippen LogP contribution is -2.13. The van der Waals surface area contributed by atoms with Crippen molar-refractivity contribution in [2.24, 2.45) is 0 Å². The second-order valence-electron chi connectivity index (χ2n) is 3.37. The summed E-state index contributed by atoms with van der Waals surface area (Å²) >= 11 is 0. The molecule has 1 unspecified atom stereocenters. The van der Waals surface area contributed by atoms with Gasteiger partial charge in [0.2, 0.25) is 5.78 Å². The van der Waals surface area contributed by atoms with Gasteiger partial charge in [0.1, 0.15) is 5.69 Å². The van der Waals surface area contributed by atoms with Crippen molar-refractivity contribution in [1.82, 2.24) is 4.98 Å². The molecule has 1 aromatic heterocycles. The van der Waals surface area contributed by atoms with Gasteiger partial charge in [-0.3, -0.25) is 4.79 Å². The van der Waals surface area contributed by atoms with Gasteiger partial charge in [-0.15, -0.1) is 0 Å². The van der Waals surface area contributed by atoms with E-state index in [1.807, 2.05) is 18.2 Å². The first-order chi connectivity index (χ1) is 7.18. The Labute approximate surface area is 86.8 Å². The van der Waals surface area contributed by atoms with Crippen molar-refractivity contribution in [3.63, 3.8) is 0 Å². The zero-order chi connectivity index (χ0) is 10.8. The molecule has 0 saturated heterocycles. The Morgan fingerprint density at radius 2 is 2.00 bits per heavy atom. The zero-order valence-corrected chi connectivity index (χ0v) is 8.27. The molecular weight excluding hydrogens is 193 g/mol. The molecule has 0 spiro atoms. The number of halogens is 1. The van der Waals surface area contributed by atoms with E-state index < -0.39 is 12.0 Å². The summed E-state index contributed by atoms with van der Waals surface area (Å²) in [6.07, 6.45) is -1.50. The molecule has 1 heterocycles. The Balaban J connectivity index is 2.52. The van der Waals surface area contributed by atoms with Crippen LogP contribution in [0.25, 0.3) is 10.9 Å². The summed E-state index contributed by atoms with van der Waals surface area (Å²) in [5.41, 5.74) is 0.896. The van der Waals surface area contributed by atoms with Gasteiger partial charge < -0.3 is 0 Å². The molecule has 1 atom stereocenters. The van der Waals surface area contributed by atoms with Crippen LogP contribution < -0.4 is 0 Å². The van der Waals surface area contributed by atoms with Gasteiger partial charge in [0, 0.05) is 5.39 Å². The zero-order valence-electron chi connectivity index (χ0n) is 8.27. The molecule has 0 aliphatic heterocycles. The third kappa shape index (κ3) is 1.86. The largest absolute Gasteiger partial charge is 0.289 e. The monoisotopic (exact) mass is 203 g/mol. The molecule has 0 aliphatic rings. The lowest BCUT2D eigenvalue weighted by atomic mass is 10.1. The summed E-state index contributed by atoms with van der Waals surface area (Å²) in [5, 5.41) is 0.945. The third-order valence-corrected chi connectivity index (χ3v) is 2.21. The van der Waals surface area contributed by atoms with E-state index in [1.54, 1.807) is 18.2 Å². The number of nitrogens with zero attached hydrogens (tertiary/aromatic N) is 1. The molecule has 0 aliphatic carbocycles. The van der Waals surface area contributed by atoms with E-state index >= 15 is 0 Å². The number of hydrogen-bond donors (Lipinski definition) is 0. The van der Waals surface area contributed by atoms with E-state index in [9.17, 15) is 9.18 Å². The number of carbonyl (C=O) groups is 1. The van der Waals surface area contributed by atoms with Crippen LogP contribution in [0.1, 0.15) is 17.4 Å². The fourth-order valence-electron chi connectivity index (χ4n) is 1.41. The molecule has 2 nitrogen and oxygen atoms in total. The molecule has 0 amide bonds. The van der Waals surface area contributed by atoms with Crippen molar-refractivity contribution in [1.29, 1.82) is 0 Å². The van der Waals surface area contributed by atoms with Gasteiger partial charge in [-0.2, -0.15) is 0 Å². The molecule has 76 valence electrons. The maximum atomic E-state index is 12.8. The highest BCUT2D eigenvalue weighted by Crippen LogP contribution is 2.13. The Kier molecular flexibility index (Phi) is 2.46. The molecule has 0 bridgehead atoms. The van der Waals surface area contributed by atoms with Gasteiger partial charge in [0.25, 0.3) is 0 Å². The first-order valence-corrected chi connectivity index (χ1v) is 4.72. The highest BCUT2D eigenvalue weighted by atomic mass is 19.1. The van der Waals surface area contributed by atoms with Gasteiger partial charge in [-0.05, 0) is 19.1 Å². The molecular formula is C12H10FNO. The number of para-hydroxylation sites is 1. The SMILES string of the molecule is CC(F)C(=O)c1ccc2ccccc2n1. The molecule has 0 N–H and O–H groups in total. The Bertz CT molecular complexity index is 508. The topological polar surface area (TPSA) is 30.0 Å². The van der Waals surface area contributed by atoms with E-state index in [1.165, 1.54) is 6.92 Å². The van der Waals surface area contributed by atoms with Gasteiger partial charge in [-0.1, -0.05) is 24.3 Å². The average Bonchev–Trinajstić information content (AvgIpc) is 2.27. The first kappa shape index (κ1) is 9.77. The molecule has 0 saturated carbocycles. The van der Waals surface area contributed by atoms with Crippen molar-refractivity contribution in [3.05, 3.63) is 42.1 Å². The summed E-state index contributed by atoms with van der Waals surface area (Å²) < 4.78 is 12.8. The minimum Gasteiger partial charge on any atom is -0.289 e. The fraction of sp³-hybridized carbons (Fsp3) is 0.167. The van der Waals surface area contributed by atoms with Crippen LogP contribution in [0.5, 0.6) is 0 Å². The third-order valence-electron chi connectivity index (χ3n) is 2.21. The Hall–Kier alpha value is -1.77. The van der Waals surface area contributed by atoms with Crippen LogP contribution in [-0.4, -0.2) is 16.9 Å². The van der Waals surface area contributed by atoms with Gasteiger partial charge >= 0.3 is 0 Å². The standard InChI is InChI=1S/C12H10FNO/c1-8(13)12(15)11-7-6-9-4-2-3-5-10(9)14-11/h2-8H,1H3. The smallest absolute Gasteiger partial charge is 0.214 e. The molecule has 1 aromatic carbocycles. The van der Waals surface area contributed by atoms with Gasteiger partial charge in [0.15, 0.2) is 6.17 Å². The van der Waals surface area contributed by atoms with Crippen molar-refractivity contribution >= 4 is 16.7 Å². The van der Waals surface area contributed by atoms with E-state index in [4.69, 9.17) is 0 Å². The van der Waals surface area contributed by atoms with Crippen LogP contribution in [0.4, 0.5) is 4.39 Å². The molecule has 2 aromatic rings. The number of benzene rings is 1. The highest BCUT2D eigenvalue weighted by molar-refractivity contribution is 5.99. The second-order valence-corrected chi connectivity index (χ2v) is 3.37. The van der Waals surface area contributed by atoms with Crippen molar-refractivity contribution in [3.8, 4) is 0 Å². The van der Waals surface area contributed by atoms with Crippen LogP contribution >= 0.6 is 0 Å². The van der Waals surface area contributed by atoms with Crippen molar-refractivity contribution < 1.29 is 9.18 Å². The molecule has 3 heteroatoms. The highest BCUT2D eigenvalue weighted by Gasteiger charge is 2.15. The summed E-state index contributed by atoms with van der Waals surface area (Å²) in [6.45, 7) is 1.22. The van der Waals surface area contributed by atoms with Crippen LogP contribution in [0.3, 0.4) is 0 Å². The Morgan fingerprint density at radius 1 is 1.27 bits per heavy atom. The summed E-state index contributed by atoms with van der Waals surface area (Å²) in [4.78, 5) is 15.5. The first-order valence-electron chi connectivity index (χ1n) is 4.72. The minimum atomic E-state index is -1.50. The number of hydrogen-bond acceptors (Lipinski definition) is 2. The number of fused-ring (bicyclic) bond motifs is 1. The van der Waals surface area contributed by atoms with Crippen LogP contribution in [0.15, 0.2) is 36.4 Å². The lowest BCUT2D eigenvalue weighted by Gasteiger charge is -2.02. The molecule has 15 heavy (non-hydrogen) atoms. The van der Waals surface area contributed by atoms with E-state index in [0.717, 1.165) is 5.39 Å². The molecule has 2 rings (SSSR count). The lowest BCUT2D eigenvalue weighted by molar-refractivity contribution is 0.0888. The minimum absolute atomic E-state index is 0.184. The normalized spacial score (nSPS) is 12.7. The van der Waals surface area contributed by atoms with Crippen molar-refractivity contribution in [2.75, 3.05) is 0 Å². The maximum absolute atomic E-state index is 12.8. The van der Waals surface area contributed by atoms with Crippen LogP contribution in [-0.2, 0) is 0 Å². The number of carbonyl (C=O) groups excluding carboxylic acids is 1. The van der Waals surface area contributed by atoms with Crippen LogP contribution in [0, 0.1) is 0 Å². The number of aromatic nitrogens is 1. The second kappa shape index (κ2) is 3.77.